The maximum absolute atomic E-state index is 3.99. The van der Waals surface area contributed by atoms with E-state index in [1.807, 2.05) is 6.08 Å². The monoisotopic (exact) mass is 344 g/mol. The van der Waals surface area contributed by atoms with E-state index in [0.29, 0.717) is 10.8 Å². The predicted octanol–water partition coefficient (Wildman–Crippen LogP) is 8.19. The van der Waals surface area contributed by atoms with Gasteiger partial charge >= 0.3 is 0 Å². The zero-order chi connectivity index (χ0) is 18.7. The number of rotatable bonds is 7. The minimum atomic E-state index is 0.409. The van der Waals surface area contributed by atoms with Crippen LogP contribution in [0.25, 0.3) is 0 Å². The Morgan fingerprint density at radius 2 is 1.88 bits per heavy atom. The van der Waals surface area contributed by atoms with Crippen LogP contribution in [0.4, 0.5) is 0 Å². The van der Waals surface area contributed by atoms with Crippen LogP contribution >= 0.6 is 0 Å². The van der Waals surface area contributed by atoms with E-state index in [2.05, 4.69) is 54.2 Å². The summed E-state index contributed by atoms with van der Waals surface area (Å²) >= 11 is 0. The first-order valence-electron chi connectivity index (χ1n) is 11.1. The second-order valence-corrected chi connectivity index (χ2v) is 10.1. The van der Waals surface area contributed by atoms with Crippen LogP contribution in [0.3, 0.4) is 0 Å². The van der Waals surface area contributed by atoms with E-state index >= 15 is 0 Å². The molecule has 0 heteroatoms. The highest BCUT2D eigenvalue weighted by Gasteiger charge is 2.46. The summed E-state index contributed by atoms with van der Waals surface area (Å²) in [5.41, 5.74) is 2.65. The lowest BCUT2D eigenvalue weighted by molar-refractivity contribution is 0.0785. The lowest BCUT2D eigenvalue weighted by Crippen LogP contribution is -2.36. The minimum Gasteiger partial charge on any atom is -0.0991 e. The van der Waals surface area contributed by atoms with Crippen molar-refractivity contribution >= 4 is 0 Å². The molecule has 0 saturated heterocycles. The van der Waals surface area contributed by atoms with Gasteiger partial charge in [0, 0.05) is 0 Å². The lowest BCUT2D eigenvalue weighted by Gasteiger charge is -2.46. The molecule has 0 radical (unpaired) electrons. The van der Waals surface area contributed by atoms with Crippen LogP contribution in [0.15, 0.2) is 24.3 Å². The normalized spacial score (nSPS) is 40.8. The molecule has 0 spiro atoms. The van der Waals surface area contributed by atoms with Gasteiger partial charge in [-0.1, -0.05) is 72.3 Å². The van der Waals surface area contributed by atoms with Gasteiger partial charge in [0.15, 0.2) is 0 Å². The summed E-state index contributed by atoms with van der Waals surface area (Å²) in [6.45, 7) is 19.0. The molecule has 0 bridgehead atoms. The van der Waals surface area contributed by atoms with Crippen LogP contribution in [0.5, 0.6) is 0 Å². The van der Waals surface area contributed by atoms with Gasteiger partial charge in [0.25, 0.3) is 0 Å². The van der Waals surface area contributed by atoms with Crippen LogP contribution in [-0.4, -0.2) is 0 Å². The van der Waals surface area contributed by atoms with Gasteiger partial charge in [0.1, 0.15) is 0 Å². The molecule has 2 rings (SSSR count). The van der Waals surface area contributed by atoms with E-state index in [9.17, 15) is 0 Å². The van der Waals surface area contributed by atoms with Crippen molar-refractivity contribution in [2.75, 3.05) is 0 Å². The van der Waals surface area contributed by atoms with Gasteiger partial charge in [-0.2, -0.15) is 0 Å². The Kier molecular flexibility index (Phi) is 7.02. The number of hydrogen-bond donors (Lipinski definition) is 0. The topological polar surface area (TPSA) is 0 Å². The van der Waals surface area contributed by atoms with Crippen LogP contribution in [0.1, 0.15) is 99.3 Å². The highest BCUT2D eigenvalue weighted by atomic mass is 14.5. The molecule has 0 aromatic heterocycles. The van der Waals surface area contributed by atoms with Gasteiger partial charge < -0.3 is 0 Å². The van der Waals surface area contributed by atoms with E-state index in [1.54, 1.807) is 5.57 Å². The standard InChI is InChI=1S/C25H44/c1-8-11-21-12-10-13-22(25(21,7)17-9-2)16-18-24(6)20(5)14-15-23(24)19(3)4/h8,11,19-20,22-23H,1,9-10,12-18H2,2-7H3/b21-11-. The van der Waals surface area contributed by atoms with Crippen LogP contribution < -0.4 is 0 Å². The predicted molar refractivity (Wildman–Crippen MR) is 113 cm³/mol. The van der Waals surface area contributed by atoms with Crippen molar-refractivity contribution in [3.8, 4) is 0 Å². The molecular weight excluding hydrogens is 300 g/mol. The molecule has 144 valence electrons. The van der Waals surface area contributed by atoms with E-state index in [1.165, 1.54) is 57.8 Å². The fraction of sp³-hybridized carbons (Fsp3) is 0.840. The first-order valence-corrected chi connectivity index (χ1v) is 11.1. The summed E-state index contributed by atoms with van der Waals surface area (Å²) in [7, 11) is 0. The van der Waals surface area contributed by atoms with Crippen LogP contribution in [-0.2, 0) is 0 Å². The number of hydrogen-bond acceptors (Lipinski definition) is 0. The molecule has 2 aliphatic rings. The zero-order valence-electron chi connectivity index (χ0n) is 18.0. The van der Waals surface area contributed by atoms with Crippen molar-refractivity contribution in [1.82, 2.24) is 0 Å². The Morgan fingerprint density at radius 1 is 1.16 bits per heavy atom. The lowest BCUT2D eigenvalue weighted by atomic mass is 9.58. The van der Waals surface area contributed by atoms with E-state index in [0.717, 1.165) is 23.7 Å². The van der Waals surface area contributed by atoms with Crippen molar-refractivity contribution < 1.29 is 0 Å². The second kappa shape index (κ2) is 8.45. The van der Waals surface area contributed by atoms with Crippen molar-refractivity contribution in [3.63, 3.8) is 0 Å². The van der Waals surface area contributed by atoms with Crippen molar-refractivity contribution in [2.24, 2.45) is 34.5 Å². The van der Waals surface area contributed by atoms with Crippen molar-refractivity contribution in [2.45, 2.75) is 99.3 Å². The Hall–Kier alpha value is -0.520. The fourth-order valence-corrected chi connectivity index (χ4v) is 6.63. The largest absolute Gasteiger partial charge is 0.0991 e. The van der Waals surface area contributed by atoms with Crippen molar-refractivity contribution in [1.29, 1.82) is 0 Å². The van der Waals surface area contributed by atoms with E-state index < -0.39 is 0 Å². The molecule has 2 fully saturated rings. The Labute approximate surface area is 158 Å². The molecule has 0 aromatic rings. The first kappa shape index (κ1) is 20.8. The molecule has 0 nitrogen and oxygen atoms in total. The third-order valence-electron chi connectivity index (χ3n) is 8.44. The van der Waals surface area contributed by atoms with Crippen LogP contribution in [0.2, 0.25) is 0 Å². The second-order valence-electron chi connectivity index (χ2n) is 10.1. The highest BCUT2D eigenvalue weighted by Crippen LogP contribution is 2.56. The summed E-state index contributed by atoms with van der Waals surface area (Å²) in [4.78, 5) is 0. The van der Waals surface area contributed by atoms with Gasteiger partial charge in [-0.25, -0.2) is 0 Å². The average molecular weight is 345 g/mol. The third-order valence-corrected chi connectivity index (χ3v) is 8.44. The van der Waals surface area contributed by atoms with Gasteiger partial charge in [-0.05, 0) is 85.9 Å². The summed E-state index contributed by atoms with van der Waals surface area (Å²) in [6.07, 6.45) is 16.9. The summed E-state index contributed by atoms with van der Waals surface area (Å²) in [5, 5.41) is 0. The van der Waals surface area contributed by atoms with Gasteiger partial charge in [0.05, 0.1) is 0 Å². The first-order chi connectivity index (χ1) is 11.8. The van der Waals surface area contributed by atoms with Crippen molar-refractivity contribution in [3.05, 3.63) is 24.3 Å². The average Bonchev–Trinajstić information content (AvgIpc) is 2.85. The molecule has 0 N–H and O–H groups in total. The smallest absolute Gasteiger partial charge is 0.00851 e. The molecule has 25 heavy (non-hydrogen) atoms. The fourth-order valence-electron chi connectivity index (χ4n) is 6.63. The van der Waals surface area contributed by atoms with E-state index in [4.69, 9.17) is 0 Å². The van der Waals surface area contributed by atoms with Crippen LogP contribution in [0, 0.1) is 34.5 Å². The van der Waals surface area contributed by atoms with Gasteiger partial charge in [-0.3, -0.25) is 0 Å². The summed E-state index contributed by atoms with van der Waals surface area (Å²) in [5.74, 6) is 3.51. The molecule has 5 unspecified atom stereocenters. The molecule has 0 amide bonds. The Balaban J connectivity index is 2.16. The summed E-state index contributed by atoms with van der Waals surface area (Å²) < 4.78 is 0. The molecule has 0 heterocycles. The molecule has 2 saturated carbocycles. The Morgan fingerprint density at radius 3 is 2.48 bits per heavy atom. The molecule has 0 aromatic carbocycles. The molecular formula is C25H44. The number of allylic oxidation sites excluding steroid dienone is 3. The van der Waals surface area contributed by atoms with Gasteiger partial charge in [-0.15, -0.1) is 0 Å². The highest BCUT2D eigenvalue weighted by molar-refractivity contribution is 5.22. The minimum absolute atomic E-state index is 0.409. The van der Waals surface area contributed by atoms with Gasteiger partial charge in [0.2, 0.25) is 0 Å². The SMILES string of the molecule is C=C/C=C1/CCCC(CCC2(C)C(C)CCC2C(C)C)C1(C)CCC. The maximum Gasteiger partial charge on any atom is -0.00851 e. The summed E-state index contributed by atoms with van der Waals surface area (Å²) in [6, 6.07) is 0. The zero-order valence-corrected chi connectivity index (χ0v) is 18.0. The molecule has 5 atom stereocenters. The quantitative estimate of drug-likeness (QED) is 0.436. The Bertz CT molecular complexity index is 470. The molecule has 0 aliphatic heterocycles. The maximum atomic E-state index is 3.99. The molecule has 2 aliphatic carbocycles. The van der Waals surface area contributed by atoms with E-state index in [-0.39, 0.29) is 0 Å². The third kappa shape index (κ3) is 4.09.